The number of rotatable bonds is 4. The molecule has 2 fully saturated rings. The van der Waals surface area contributed by atoms with Crippen LogP contribution in [0.4, 0.5) is 5.82 Å². The summed E-state index contributed by atoms with van der Waals surface area (Å²) in [5.41, 5.74) is 4.32. The third-order valence-corrected chi connectivity index (χ3v) is 6.34. The molecule has 0 radical (unpaired) electrons. The molecule has 5 atom stereocenters. The first-order valence-corrected chi connectivity index (χ1v) is 10.2. The highest BCUT2D eigenvalue weighted by atomic mass is 32.2. The minimum Gasteiger partial charge on any atom is -0.459 e. The first kappa shape index (κ1) is 19.2. The number of hydrogen-bond acceptors (Lipinski definition) is 7. The SMILES string of the molecule is CC(C)[C@H]1CC[C@H](C)C[C@H]1OC(=O)C1OC(n2ccc(N)nc2=O)CS1. The Morgan fingerprint density at radius 2 is 2.23 bits per heavy atom. The highest BCUT2D eigenvalue weighted by Crippen LogP contribution is 2.37. The van der Waals surface area contributed by atoms with Crippen LogP contribution in [0.25, 0.3) is 0 Å². The summed E-state index contributed by atoms with van der Waals surface area (Å²) in [4.78, 5) is 28.3. The van der Waals surface area contributed by atoms with Crippen molar-refractivity contribution in [3.63, 3.8) is 0 Å². The summed E-state index contributed by atoms with van der Waals surface area (Å²) in [5, 5.41) is 0. The zero-order chi connectivity index (χ0) is 18.8. The van der Waals surface area contributed by atoms with Gasteiger partial charge in [-0.05, 0) is 36.7 Å². The first-order chi connectivity index (χ1) is 12.3. The van der Waals surface area contributed by atoms with Gasteiger partial charge in [-0.25, -0.2) is 9.59 Å². The Labute approximate surface area is 157 Å². The second kappa shape index (κ2) is 8.00. The Bertz CT molecular complexity index is 708. The van der Waals surface area contributed by atoms with E-state index in [9.17, 15) is 9.59 Å². The van der Waals surface area contributed by atoms with Crippen molar-refractivity contribution in [2.45, 2.75) is 57.8 Å². The van der Waals surface area contributed by atoms with Crippen LogP contribution in [-0.4, -0.2) is 32.8 Å². The molecule has 144 valence electrons. The van der Waals surface area contributed by atoms with E-state index >= 15 is 0 Å². The van der Waals surface area contributed by atoms with Crippen molar-refractivity contribution in [3.8, 4) is 0 Å². The summed E-state index contributed by atoms with van der Waals surface area (Å²) in [5.74, 6) is 1.73. The van der Waals surface area contributed by atoms with Crippen LogP contribution >= 0.6 is 11.8 Å². The summed E-state index contributed by atoms with van der Waals surface area (Å²) in [6, 6.07) is 1.54. The molecule has 1 aliphatic heterocycles. The van der Waals surface area contributed by atoms with E-state index in [1.165, 1.54) is 28.8 Å². The van der Waals surface area contributed by atoms with Gasteiger partial charge in [0.15, 0.2) is 0 Å². The molecule has 1 saturated heterocycles. The number of ether oxygens (including phenoxy) is 2. The van der Waals surface area contributed by atoms with Crippen LogP contribution in [0.3, 0.4) is 0 Å². The predicted molar refractivity (Wildman–Crippen MR) is 101 cm³/mol. The van der Waals surface area contributed by atoms with Gasteiger partial charge < -0.3 is 15.2 Å². The molecule has 1 saturated carbocycles. The van der Waals surface area contributed by atoms with Crippen LogP contribution in [0.15, 0.2) is 17.1 Å². The molecule has 3 rings (SSSR count). The number of anilines is 1. The van der Waals surface area contributed by atoms with Crippen LogP contribution < -0.4 is 11.4 Å². The van der Waals surface area contributed by atoms with E-state index in [4.69, 9.17) is 15.2 Å². The maximum Gasteiger partial charge on any atom is 0.351 e. The van der Waals surface area contributed by atoms with Crippen LogP contribution in [0.5, 0.6) is 0 Å². The normalized spacial score (nSPS) is 31.9. The third kappa shape index (κ3) is 4.23. The van der Waals surface area contributed by atoms with Crippen LogP contribution in [-0.2, 0) is 14.3 Å². The molecule has 1 aromatic rings. The van der Waals surface area contributed by atoms with E-state index in [0.717, 1.165) is 12.8 Å². The molecule has 0 amide bonds. The topological polar surface area (TPSA) is 96.4 Å². The Kier molecular flexibility index (Phi) is 5.92. The van der Waals surface area contributed by atoms with Gasteiger partial charge >= 0.3 is 11.7 Å². The van der Waals surface area contributed by atoms with Gasteiger partial charge in [-0.15, -0.1) is 11.8 Å². The molecular formula is C18H27N3O4S. The van der Waals surface area contributed by atoms with Gasteiger partial charge in [0.2, 0.25) is 5.44 Å². The van der Waals surface area contributed by atoms with Crippen LogP contribution in [0.2, 0.25) is 0 Å². The van der Waals surface area contributed by atoms with E-state index in [-0.39, 0.29) is 17.9 Å². The van der Waals surface area contributed by atoms with Crippen molar-refractivity contribution in [2.24, 2.45) is 17.8 Å². The lowest BCUT2D eigenvalue weighted by molar-refractivity contribution is -0.166. The molecule has 0 aromatic carbocycles. The van der Waals surface area contributed by atoms with Gasteiger partial charge in [-0.2, -0.15) is 4.98 Å². The maximum absolute atomic E-state index is 12.6. The van der Waals surface area contributed by atoms with Gasteiger partial charge in [0.25, 0.3) is 0 Å². The molecular weight excluding hydrogens is 354 g/mol. The third-order valence-electron chi connectivity index (χ3n) is 5.25. The van der Waals surface area contributed by atoms with Crippen molar-refractivity contribution in [2.75, 3.05) is 11.5 Å². The second-order valence-corrected chi connectivity index (χ2v) is 8.69. The average molecular weight is 381 g/mol. The standard InChI is InChI=1S/C18H27N3O4S/c1-10(2)12-5-4-11(3)8-13(12)24-16(22)17-25-15(9-26-17)21-7-6-14(19)20-18(21)23/h6-7,10-13,15,17H,4-5,8-9H2,1-3H3,(H2,19,20,23)/t11-,12+,13+,15?,17?/m0/s1. The fourth-order valence-corrected chi connectivity index (χ4v) is 4.74. The van der Waals surface area contributed by atoms with E-state index in [0.29, 0.717) is 23.5 Å². The fourth-order valence-electron chi connectivity index (χ4n) is 3.76. The minimum atomic E-state index is -0.713. The molecule has 7 nitrogen and oxygen atoms in total. The Hall–Kier alpha value is -1.54. The molecule has 2 unspecified atom stereocenters. The lowest BCUT2D eigenvalue weighted by atomic mass is 9.75. The number of nitrogens with zero attached hydrogens (tertiary/aromatic N) is 2. The molecule has 1 aliphatic carbocycles. The molecule has 0 spiro atoms. The lowest BCUT2D eigenvalue weighted by Crippen LogP contribution is -2.38. The van der Waals surface area contributed by atoms with E-state index in [2.05, 4.69) is 25.8 Å². The van der Waals surface area contributed by atoms with Gasteiger partial charge in [0, 0.05) is 11.9 Å². The largest absolute Gasteiger partial charge is 0.459 e. The van der Waals surface area contributed by atoms with Crippen molar-refractivity contribution < 1.29 is 14.3 Å². The highest BCUT2D eigenvalue weighted by molar-refractivity contribution is 8.00. The summed E-state index contributed by atoms with van der Waals surface area (Å²) in [6.07, 6.45) is 4.11. The number of thioether (sulfide) groups is 1. The van der Waals surface area contributed by atoms with Crippen molar-refractivity contribution >= 4 is 23.5 Å². The van der Waals surface area contributed by atoms with Gasteiger partial charge in [-0.3, -0.25) is 4.57 Å². The zero-order valence-corrected chi connectivity index (χ0v) is 16.3. The monoisotopic (exact) mass is 381 g/mol. The fraction of sp³-hybridized carbons (Fsp3) is 0.722. The molecule has 2 heterocycles. The molecule has 26 heavy (non-hydrogen) atoms. The average Bonchev–Trinajstić information content (AvgIpc) is 3.04. The zero-order valence-electron chi connectivity index (χ0n) is 15.5. The second-order valence-electron chi connectivity index (χ2n) is 7.60. The number of nitrogens with two attached hydrogens (primary N) is 1. The number of carbonyl (C=O) groups is 1. The number of carbonyl (C=O) groups excluding carboxylic acids is 1. The Balaban J connectivity index is 1.63. The van der Waals surface area contributed by atoms with Gasteiger partial charge in [0.1, 0.15) is 18.1 Å². The van der Waals surface area contributed by atoms with Crippen LogP contribution in [0.1, 0.15) is 46.3 Å². The van der Waals surface area contributed by atoms with E-state index in [1.807, 2.05) is 0 Å². The molecule has 0 bridgehead atoms. The van der Waals surface area contributed by atoms with Crippen molar-refractivity contribution in [1.82, 2.24) is 9.55 Å². The van der Waals surface area contributed by atoms with Gasteiger partial charge in [-0.1, -0.05) is 27.2 Å². The predicted octanol–water partition coefficient (Wildman–Crippen LogP) is 2.42. The van der Waals surface area contributed by atoms with Crippen molar-refractivity contribution in [3.05, 3.63) is 22.7 Å². The number of aromatic nitrogens is 2. The smallest absolute Gasteiger partial charge is 0.351 e. The maximum atomic E-state index is 12.6. The first-order valence-electron chi connectivity index (χ1n) is 9.17. The summed E-state index contributed by atoms with van der Waals surface area (Å²) >= 11 is 1.35. The van der Waals surface area contributed by atoms with Crippen molar-refractivity contribution in [1.29, 1.82) is 0 Å². The lowest BCUT2D eigenvalue weighted by Gasteiger charge is -2.37. The Morgan fingerprint density at radius 1 is 1.46 bits per heavy atom. The minimum absolute atomic E-state index is 0.0598. The molecule has 2 N–H and O–H groups in total. The van der Waals surface area contributed by atoms with Gasteiger partial charge in [0.05, 0.1) is 0 Å². The summed E-state index contributed by atoms with van der Waals surface area (Å²) < 4.78 is 13.0. The summed E-state index contributed by atoms with van der Waals surface area (Å²) in [6.45, 7) is 6.56. The highest BCUT2D eigenvalue weighted by Gasteiger charge is 2.38. The van der Waals surface area contributed by atoms with E-state index < -0.39 is 17.4 Å². The number of nitrogen functional groups attached to an aromatic ring is 1. The molecule has 2 aliphatic rings. The Morgan fingerprint density at radius 3 is 2.92 bits per heavy atom. The molecule has 8 heteroatoms. The quantitative estimate of drug-likeness (QED) is 0.800. The number of esters is 1. The molecule has 1 aromatic heterocycles. The number of hydrogen-bond donors (Lipinski definition) is 1. The summed E-state index contributed by atoms with van der Waals surface area (Å²) in [7, 11) is 0. The van der Waals surface area contributed by atoms with E-state index in [1.54, 1.807) is 6.20 Å². The van der Waals surface area contributed by atoms with Crippen LogP contribution in [0, 0.1) is 17.8 Å².